The molecule has 2 heterocycles. The van der Waals surface area contributed by atoms with Crippen molar-refractivity contribution in [3.63, 3.8) is 0 Å². The third kappa shape index (κ3) is 4.65. The highest BCUT2D eigenvalue weighted by Gasteiger charge is 2.34. The summed E-state index contributed by atoms with van der Waals surface area (Å²) >= 11 is 5.79. The Bertz CT molecular complexity index is 1390. The van der Waals surface area contributed by atoms with Crippen molar-refractivity contribution in [1.82, 2.24) is 20.4 Å². The standard InChI is InChI=1S/C27H23FN4O2S/c1-17-23(26-30-25(31-34-26)20-11-13-21(28)14-12-20)24(19-8-4-3-5-9-19)29-27(35)32(17)16-18-7-6-10-22(15-18)33-2/h3-15,24H,16H2,1-2H3,(H,29,35). The van der Waals surface area contributed by atoms with Crippen LogP contribution >= 0.6 is 12.2 Å². The zero-order valence-corrected chi connectivity index (χ0v) is 20.1. The SMILES string of the molecule is COc1cccc(CN2C(=S)NC(c3ccccc3)C(c3nc(-c4ccc(F)cc4)no3)=C2C)c1. The molecule has 1 aliphatic heterocycles. The average molecular weight is 487 g/mol. The first-order chi connectivity index (χ1) is 17.0. The third-order valence-electron chi connectivity index (χ3n) is 5.96. The molecule has 0 bridgehead atoms. The van der Waals surface area contributed by atoms with Gasteiger partial charge in [0.2, 0.25) is 5.82 Å². The minimum Gasteiger partial charge on any atom is -0.497 e. The van der Waals surface area contributed by atoms with Crippen molar-refractivity contribution in [2.45, 2.75) is 19.5 Å². The number of rotatable bonds is 6. The van der Waals surface area contributed by atoms with Crippen LogP contribution in [0.4, 0.5) is 4.39 Å². The fourth-order valence-electron chi connectivity index (χ4n) is 4.15. The lowest BCUT2D eigenvalue weighted by Crippen LogP contribution is -2.45. The normalized spacial score (nSPS) is 15.8. The van der Waals surface area contributed by atoms with E-state index < -0.39 is 0 Å². The molecule has 0 spiro atoms. The number of hydrogen-bond donors (Lipinski definition) is 1. The first-order valence-corrected chi connectivity index (χ1v) is 11.5. The molecule has 1 unspecified atom stereocenters. The summed E-state index contributed by atoms with van der Waals surface area (Å²) in [6.07, 6.45) is 0. The molecule has 1 aliphatic rings. The number of allylic oxidation sites excluding steroid dienone is 1. The van der Waals surface area contributed by atoms with Crippen LogP contribution in [0.25, 0.3) is 17.0 Å². The Morgan fingerprint density at radius 2 is 1.83 bits per heavy atom. The van der Waals surface area contributed by atoms with Gasteiger partial charge in [0.15, 0.2) is 5.11 Å². The summed E-state index contributed by atoms with van der Waals surface area (Å²) < 4.78 is 24.5. The van der Waals surface area contributed by atoms with Crippen molar-refractivity contribution in [2.75, 3.05) is 7.11 Å². The van der Waals surface area contributed by atoms with Crippen LogP contribution in [0.3, 0.4) is 0 Å². The smallest absolute Gasteiger partial charge is 0.258 e. The molecule has 0 fully saturated rings. The topological polar surface area (TPSA) is 63.4 Å². The average Bonchev–Trinajstić information content (AvgIpc) is 3.37. The summed E-state index contributed by atoms with van der Waals surface area (Å²) in [4.78, 5) is 6.68. The van der Waals surface area contributed by atoms with E-state index in [1.807, 2.05) is 66.4 Å². The lowest BCUT2D eigenvalue weighted by Gasteiger charge is -2.37. The predicted octanol–water partition coefficient (Wildman–Crippen LogP) is 5.75. The monoisotopic (exact) mass is 486 g/mol. The van der Waals surface area contributed by atoms with E-state index in [1.165, 1.54) is 12.1 Å². The van der Waals surface area contributed by atoms with E-state index in [1.54, 1.807) is 19.2 Å². The lowest BCUT2D eigenvalue weighted by atomic mass is 9.94. The van der Waals surface area contributed by atoms with Gasteiger partial charge in [-0.3, -0.25) is 0 Å². The number of benzene rings is 3. The van der Waals surface area contributed by atoms with Crippen LogP contribution in [-0.4, -0.2) is 27.3 Å². The van der Waals surface area contributed by atoms with Crippen LogP contribution in [0, 0.1) is 5.82 Å². The largest absolute Gasteiger partial charge is 0.497 e. The summed E-state index contributed by atoms with van der Waals surface area (Å²) in [6, 6.07) is 23.6. The Labute approximate surface area is 208 Å². The molecule has 6 nitrogen and oxygen atoms in total. The second-order valence-electron chi connectivity index (χ2n) is 8.16. The van der Waals surface area contributed by atoms with Gasteiger partial charge in [-0.15, -0.1) is 0 Å². The molecular weight excluding hydrogens is 463 g/mol. The fraction of sp³-hybridized carbons (Fsp3) is 0.148. The first-order valence-electron chi connectivity index (χ1n) is 11.1. The van der Waals surface area contributed by atoms with Gasteiger partial charge in [-0.1, -0.05) is 47.6 Å². The number of halogens is 1. The predicted molar refractivity (Wildman–Crippen MR) is 136 cm³/mol. The zero-order valence-electron chi connectivity index (χ0n) is 19.2. The molecule has 176 valence electrons. The summed E-state index contributed by atoms with van der Waals surface area (Å²) in [6.45, 7) is 2.54. The highest BCUT2D eigenvalue weighted by atomic mass is 32.1. The van der Waals surface area contributed by atoms with Crippen molar-refractivity contribution < 1.29 is 13.7 Å². The maximum absolute atomic E-state index is 13.4. The molecule has 1 aromatic heterocycles. The zero-order chi connectivity index (χ0) is 24.4. The van der Waals surface area contributed by atoms with Gasteiger partial charge in [0, 0.05) is 11.3 Å². The van der Waals surface area contributed by atoms with E-state index in [0.29, 0.717) is 28.9 Å². The van der Waals surface area contributed by atoms with Gasteiger partial charge in [-0.2, -0.15) is 4.98 Å². The second-order valence-corrected chi connectivity index (χ2v) is 8.55. The van der Waals surface area contributed by atoms with Gasteiger partial charge in [-0.05, 0) is 66.7 Å². The lowest BCUT2D eigenvalue weighted by molar-refractivity contribution is 0.395. The van der Waals surface area contributed by atoms with Crippen molar-refractivity contribution in [3.8, 4) is 17.1 Å². The van der Waals surface area contributed by atoms with Crippen molar-refractivity contribution in [2.24, 2.45) is 0 Å². The maximum atomic E-state index is 13.4. The summed E-state index contributed by atoms with van der Waals surface area (Å²) in [5, 5.41) is 8.22. The van der Waals surface area contributed by atoms with Gasteiger partial charge in [0.25, 0.3) is 5.89 Å². The molecule has 35 heavy (non-hydrogen) atoms. The summed E-state index contributed by atoms with van der Waals surface area (Å²) in [7, 11) is 1.65. The van der Waals surface area contributed by atoms with Crippen LogP contribution in [0.1, 0.15) is 30.0 Å². The van der Waals surface area contributed by atoms with Gasteiger partial charge in [-0.25, -0.2) is 4.39 Å². The van der Waals surface area contributed by atoms with Gasteiger partial charge in [0.1, 0.15) is 11.6 Å². The highest BCUT2D eigenvalue weighted by molar-refractivity contribution is 7.80. The van der Waals surface area contributed by atoms with Gasteiger partial charge >= 0.3 is 0 Å². The van der Waals surface area contributed by atoms with Crippen LogP contribution < -0.4 is 10.1 Å². The van der Waals surface area contributed by atoms with E-state index in [-0.39, 0.29) is 11.9 Å². The Hall–Kier alpha value is -4.04. The molecule has 0 saturated heterocycles. The summed E-state index contributed by atoms with van der Waals surface area (Å²) in [5.41, 5.74) is 4.46. The molecule has 8 heteroatoms. The Balaban J connectivity index is 1.58. The van der Waals surface area contributed by atoms with E-state index in [0.717, 1.165) is 28.1 Å². The van der Waals surface area contributed by atoms with Crippen LogP contribution in [-0.2, 0) is 6.54 Å². The molecule has 0 amide bonds. The fourth-order valence-corrected chi connectivity index (χ4v) is 4.47. The number of ether oxygens (including phenoxy) is 1. The van der Waals surface area contributed by atoms with E-state index in [2.05, 4.69) is 15.5 Å². The molecule has 1 atom stereocenters. The second kappa shape index (κ2) is 9.68. The number of hydrogen-bond acceptors (Lipinski definition) is 5. The van der Waals surface area contributed by atoms with Crippen LogP contribution in [0.2, 0.25) is 0 Å². The number of methoxy groups -OCH3 is 1. The maximum Gasteiger partial charge on any atom is 0.258 e. The van der Waals surface area contributed by atoms with E-state index in [9.17, 15) is 4.39 Å². The number of thiocarbonyl (C=S) groups is 1. The molecule has 3 aromatic carbocycles. The molecule has 1 N–H and O–H groups in total. The molecular formula is C27H23FN4O2S. The molecule has 0 aliphatic carbocycles. The van der Waals surface area contributed by atoms with Gasteiger partial charge in [0.05, 0.1) is 25.3 Å². The van der Waals surface area contributed by atoms with Crippen molar-refractivity contribution in [1.29, 1.82) is 0 Å². The molecule has 5 rings (SSSR count). The minimum atomic E-state index is -0.321. The third-order valence-corrected chi connectivity index (χ3v) is 6.30. The molecule has 0 saturated carbocycles. The first kappa shape index (κ1) is 22.7. The Morgan fingerprint density at radius 3 is 2.57 bits per heavy atom. The van der Waals surface area contributed by atoms with Gasteiger partial charge < -0.3 is 19.5 Å². The summed E-state index contributed by atoms with van der Waals surface area (Å²) in [5.74, 6) is 1.22. The van der Waals surface area contributed by atoms with Crippen LogP contribution in [0.5, 0.6) is 5.75 Å². The number of nitrogens with zero attached hydrogens (tertiary/aromatic N) is 3. The quantitative estimate of drug-likeness (QED) is 0.348. The van der Waals surface area contributed by atoms with E-state index in [4.69, 9.17) is 21.5 Å². The van der Waals surface area contributed by atoms with Crippen molar-refractivity contribution in [3.05, 3.63) is 107 Å². The molecule has 0 radical (unpaired) electrons. The number of nitrogens with one attached hydrogen (secondary N) is 1. The Kier molecular flexibility index (Phi) is 6.29. The minimum absolute atomic E-state index is 0.272. The van der Waals surface area contributed by atoms with E-state index >= 15 is 0 Å². The Morgan fingerprint density at radius 1 is 1.06 bits per heavy atom. The van der Waals surface area contributed by atoms with Crippen LogP contribution in [0.15, 0.2) is 89.1 Å². The number of aromatic nitrogens is 2. The van der Waals surface area contributed by atoms with Crippen molar-refractivity contribution >= 4 is 22.9 Å². The highest BCUT2D eigenvalue weighted by Crippen LogP contribution is 2.38. The molecule has 4 aromatic rings.